The minimum atomic E-state index is -2.01. The van der Waals surface area contributed by atoms with Gasteiger partial charge in [-0.1, -0.05) is 30.3 Å². The van der Waals surface area contributed by atoms with Crippen LogP contribution in [0.2, 0.25) is 0 Å². The van der Waals surface area contributed by atoms with E-state index in [1.54, 1.807) is 30.3 Å². The first-order valence-corrected chi connectivity index (χ1v) is 9.10. The molecule has 1 fully saturated rings. The highest BCUT2D eigenvalue weighted by Crippen LogP contribution is 2.42. The molecule has 1 saturated heterocycles. The number of aliphatic hydroxyl groups excluding tert-OH is 2. The van der Waals surface area contributed by atoms with Gasteiger partial charge < -0.3 is 30.2 Å². The average molecular weight is 413 g/mol. The van der Waals surface area contributed by atoms with Crippen molar-refractivity contribution in [3.05, 3.63) is 48.5 Å². The number of imidazole rings is 1. The number of carbonyl (C=O) groups excluding carboxylic acids is 2. The Morgan fingerprint density at radius 3 is 2.77 bits per heavy atom. The molecule has 4 atom stereocenters. The lowest BCUT2D eigenvalue weighted by atomic mass is 9.93. The predicted molar refractivity (Wildman–Crippen MR) is 102 cm³/mol. The SMILES string of the molecule is Nc1ncnc2c1ncn2[C@]1(C(=O)c2ccccc2)O[C@H](CO)[C@@H](O)[C@H]1OCC=O. The van der Waals surface area contributed by atoms with Crippen molar-refractivity contribution >= 4 is 29.1 Å². The van der Waals surface area contributed by atoms with Crippen LogP contribution in [-0.4, -0.2) is 73.3 Å². The van der Waals surface area contributed by atoms with Crippen LogP contribution in [0.1, 0.15) is 10.4 Å². The predicted octanol–water partition coefficient (Wildman–Crippen LogP) is -0.720. The molecule has 0 amide bonds. The number of hydrogen-bond donors (Lipinski definition) is 3. The zero-order valence-electron chi connectivity index (χ0n) is 15.7. The number of aliphatic hydroxyl groups is 2. The molecule has 3 heterocycles. The molecule has 1 aromatic carbocycles. The van der Waals surface area contributed by atoms with Crippen molar-refractivity contribution in [3.63, 3.8) is 0 Å². The second-order valence-corrected chi connectivity index (χ2v) is 6.69. The number of benzene rings is 1. The normalized spacial score (nSPS) is 26.1. The van der Waals surface area contributed by atoms with Crippen LogP contribution in [0.15, 0.2) is 43.0 Å². The van der Waals surface area contributed by atoms with Gasteiger partial charge in [0.05, 0.1) is 6.61 Å². The zero-order valence-corrected chi connectivity index (χ0v) is 15.7. The summed E-state index contributed by atoms with van der Waals surface area (Å²) in [5.41, 5.74) is 4.51. The van der Waals surface area contributed by atoms with Gasteiger partial charge in [-0.3, -0.25) is 9.36 Å². The second kappa shape index (κ2) is 7.88. The Hall–Kier alpha value is -3.25. The van der Waals surface area contributed by atoms with Crippen LogP contribution in [0.4, 0.5) is 5.82 Å². The third-order valence-corrected chi connectivity index (χ3v) is 5.01. The zero-order chi connectivity index (χ0) is 21.3. The minimum absolute atomic E-state index is 0.0867. The van der Waals surface area contributed by atoms with Gasteiger partial charge >= 0.3 is 0 Å². The number of rotatable bonds is 7. The van der Waals surface area contributed by atoms with Crippen LogP contribution in [-0.2, 0) is 20.0 Å². The highest BCUT2D eigenvalue weighted by molar-refractivity contribution is 6.02. The number of Topliss-reactive ketones (excluding diaryl/α,β-unsaturated/α-hetero) is 1. The van der Waals surface area contributed by atoms with Crippen LogP contribution in [0.3, 0.4) is 0 Å². The minimum Gasteiger partial charge on any atom is -0.394 e. The van der Waals surface area contributed by atoms with E-state index < -0.39 is 43.0 Å². The lowest BCUT2D eigenvalue weighted by molar-refractivity contribution is -0.136. The first-order valence-electron chi connectivity index (χ1n) is 9.10. The van der Waals surface area contributed by atoms with E-state index in [-0.39, 0.29) is 22.5 Å². The number of aldehydes is 1. The molecule has 0 radical (unpaired) electrons. The molecule has 156 valence electrons. The number of hydrogen-bond acceptors (Lipinski definition) is 10. The monoisotopic (exact) mass is 413 g/mol. The molecule has 0 aliphatic carbocycles. The molecule has 0 spiro atoms. The lowest BCUT2D eigenvalue weighted by Gasteiger charge is -2.34. The Morgan fingerprint density at radius 2 is 2.07 bits per heavy atom. The largest absolute Gasteiger partial charge is 0.394 e. The number of aromatic nitrogens is 4. The molecule has 30 heavy (non-hydrogen) atoms. The van der Waals surface area contributed by atoms with Gasteiger partial charge in [-0.05, 0) is 0 Å². The second-order valence-electron chi connectivity index (χ2n) is 6.69. The Labute approximate surface area is 170 Å². The Morgan fingerprint density at radius 1 is 1.30 bits per heavy atom. The summed E-state index contributed by atoms with van der Waals surface area (Å²) in [6, 6.07) is 8.23. The van der Waals surface area contributed by atoms with Crippen molar-refractivity contribution in [1.82, 2.24) is 19.5 Å². The highest BCUT2D eigenvalue weighted by atomic mass is 16.6. The van der Waals surface area contributed by atoms with Crippen LogP contribution >= 0.6 is 0 Å². The van der Waals surface area contributed by atoms with E-state index in [0.717, 1.165) is 0 Å². The van der Waals surface area contributed by atoms with Crippen molar-refractivity contribution in [2.45, 2.75) is 24.0 Å². The summed E-state index contributed by atoms with van der Waals surface area (Å²) in [6.07, 6.45) is -0.956. The molecular weight excluding hydrogens is 394 g/mol. The topological polar surface area (TPSA) is 163 Å². The summed E-state index contributed by atoms with van der Waals surface area (Å²) in [5, 5.41) is 20.5. The first kappa shape index (κ1) is 20.0. The van der Waals surface area contributed by atoms with E-state index >= 15 is 0 Å². The number of ether oxygens (including phenoxy) is 2. The van der Waals surface area contributed by atoms with Gasteiger partial charge in [0.15, 0.2) is 11.5 Å². The fraction of sp³-hybridized carbons (Fsp3) is 0.316. The molecule has 3 aromatic rings. The molecule has 11 heteroatoms. The Balaban J connectivity index is 1.98. The standard InChI is InChI=1S/C19H19N5O6/c20-17-13-18(22-9-21-17)24(10-23-13)19(15(28)11-4-2-1-3-5-11)16(29-7-6-25)14(27)12(8-26)30-19/h1-6,9-10,12,14,16,26-27H,7-8H2,(H2,20,21,22)/t12-,14-,16-,19-/m1/s1. The average Bonchev–Trinajstić information content (AvgIpc) is 3.33. The van der Waals surface area contributed by atoms with Gasteiger partial charge in [0.1, 0.15) is 49.4 Å². The maximum absolute atomic E-state index is 13.8. The molecule has 0 unspecified atom stereocenters. The number of nitrogen functional groups attached to an aromatic ring is 1. The molecule has 1 aliphatic rings. The summed E-state index contributed by atoms with van der Waals surface area (Å²) in [7, 11) is 0. The van der Waals surface area contributed by atoms with Crippen molar-refractivity contribution in [1.29, 1.82) is 0 Å². The number of anilines is 1. The first-order chi connectivity index (χ1) is 14.5. The molecule has 4 rings (SSSR count). The number of fused-ring (bicyclic) bond motifs is 1. The number of carbonyl (C=O) groups is 2. The molecule has 0 saturated carbocycles. The molecular formula is C19H19N5O6. The van der Waals surface area contributed by atoms with Gasteiger partial charge in [0.25, 0.3) is 0 Å². The van der Waals surface area contributed by atoms with Crippen LogP contribution in [0, 0.1) is 0 Å². The van der Waals surface area contributed by atoms with Crippen LogP contribution in [0.5, 0.6) is 0 Å². The van der Waals surface area contributed by atoms with Crippen molar-refractivity contribution in [2.24, 2.45) is 0 Å². The van der Waals surface area contributed by atoms with E-state index in [1.807, 2.05) is 0 Å². The number of nitrogens with two attached hydrogens (primary N) is 1. The van der Waals surface area contributed by atoms with E-state index in [0.29, 0.717) is 6.29 Å². The summed E-state index contributed by atoms with van der Waals surface area (Å²) < 4.78 is 12.8. The third kappa shape index (κ3) is 2.95. The van der Waals surface area contributed by atoms with Gasteiger partial charge in [0.2, 0.25) is 11.5 Å². The summed E-state index contributed by atoms with van der Waals surface area (Å²) in [5.74, 6) is -0.492. The molecule has 0 bridgehead atoms. The smallest absolute Gasteiger partial charge is 0.241 e. The fourth-order valence-electron chi connectivity index (χ4n) is 3.67. The maximum atomic E-state index is 13.8. The Bertz CT molecular complexity index is 1070. The number of ketones is 1. The van der Waals surface area contributed by atoms with E-state index in [9.17, 15) is 19.8 Å². The fourth-order valence-corrected chi connectivity index (χ4v) is 3.67. The van der Waals surface area contributed by atoms with E-state index in [2.05, 4.69) is 15.0 Å². The van der Waals surface area contributed by atoms with Gasteiger partial charge in [0, 0.05) is 5.56 Å². The quantitative estimate of drug-likeness (QED) is 0.333. The summed E-state index contributed by atoms with van der Waals surface area (Å²) in [6.45, 7) is -0.994. The van der Waals surface area contributed by atoms with Gasteiger partial charge in [-0.2, -0.15) is 0 Å². The lowest BCUT2D eigenvalue weighted by Crippen LogP contribution is -2.53. The van der Waals surface area contributed by atoms with Gasteiger partial charge in [-0.25, -0.2) is 15.0 Å². The molecule has 11 nitrogen and oxygen atoms in total. The maximum Gasteiger partial charge on any atom is 0.241 e. The van der Waals surface area contributed by atoms with Crippen molar-refractivity contribution in [3.8, 4) is 0 Å². The summed E-state index contributed by atoms with van der Waals surface area (Å²) in [4.78, 5) is 37.0. The molecule has 4 N–H and O–H groups in total. The summed E-state index contributed by atoms with van der Waals surface area (Å²) >= 11 is 0. The molecule has 2 aromatic heterocycles. The third-order valence-electron chi connectivity index (χ3n) is 5.01. The van der Waals surface area contributed by atoms with Crippen LogP contribution < -0.4 is 5.73 Å². The van der Waals surface area contributed by atoms with E-state index in [1.165, 1.54) is 17.2 Å². The highest BCUT2D eigenvalue weighted by Gasteiger charge is 2.62. The van der Waals surface area contributed by atoms with Crippen molar-refractivity contribution in [2.75, 3.05) is 18.9 Å². The van der Waals surface area contributed by atoms with Crippen LogP contribution in [0.25, 0.3) is 11.2 Å². The van der Waals surface area contributed by atoms with Crippen molar-refractivity contribution < 1.29 is 29.3 Å². The molecule has 1 aliphatic heterocycles. The number of nitrogens with zero attached hydrogens (tertiary/aromatic N) is 4. The van der Waals surface area contributed by atoms with Gasteiger partial charge in [-0.15, -0.1) is 0 Å². The van der Waals surface area contributed by atoms with E-state index in [4.69, 9.17) is 15.2 Å². The Kier molecular flexibility index (Phi) is 5.26.